The number of carbonyl (C=O) groups is 1. The van der Waals surface area contributed by atoms with Gasteiger partial charge in [-0.1, -0.05) is 70.2 Å². The Hall–Kier alpha value is -2.82. The Morgan fingerprint density at radius 2 is 1.85 bits per heavy atom. The van der Waals surface area contributed by atoms with Crippen molar-refractivity contribution in [1.82, 2.24) is 14.7 Å². The lowest BCUT2D eigenvalue weighted by Gasteiger charge is -2.43. The van der Waals surface area contributed by atoms with Crippen LogP contribution in [0.3, 0.4) is 0 Å². The first-order chi connectivity index (χ1) is 16.0. The number of rotatable bonds is 10. The average Bonchev–Trinajstić information content (AvgIpc) is 3.28. The molecule has 3 rings (SSSR count). The molecule has 1 aliphatic heterocycles. The minimum atomic E-state index is -0.315. The predicted octanol–water partition coefficient (Wildman–Crippen LogP) is 7.18. The number of anilines is 1. The number of nitrogens with one attached hydrogen (secondary N) is 1. The van der Waals surface area contributed by atoms with Crippen LogP contribution in [0.4, 0.5) is 5.82 Å². The molecule has 1 N–H and O–H groups in total. The second-order valence-electron chi connectivity index (χ2n) is 8.56. The first-order valence-corrected chi connectivity index (χ1v) is 12.4. The van der Waals surface area contributed by atoms with Crippen LogP contribution < -0.4 is 5.32 Å². The Labute approximate surface area is 200 Å². The molecule has 5 nitrogen and oxygen atoms in total. The lowest BCUT2D eigenvalue weighted by Crippen LogP contribution is -2.51. The quantitative estimate of drug-likeness (QED) is 0.390. The zero-order valence-electron chi connectivity index (χ0n) is 21.2. The molecule has 2 heterocycles. The van der Waals surface area contributed by atoms with Crippen LogP contribution in [0.25, 0.3) is 0 Å². The van der Waals surface area contributed by atoms with Crippen molar-refractivity contribution >= 4 is 11.7 Å². The van der Waals surface area contributed by atoms with Crippen LogP contribution in [0.15, 0.2) is 61.8 Å². The van der Waals surface area contributed by atoms with Gasteiger partial charge in [0.05, 0.1) is 18.3 Å². The molecule has 2 aromatic rings. The predicted molar refractivity (Wildman–Crippen MR) is 140 cm³/mol. The maximum absolute atomic E-state index is 13.9. The van der Waals surface area contributed by atoms with E-state index in [0.29, 0.717) is 12.1 Å². The fourth-order valence-electron chi connectivity index (χ4n) is 4.81. The standard InChI is InChI=1S/C26H36N4O.C2H6/c1-6-15-26(9-4,16-7-2)29(17-8-3)25(31)22-19-27-30-20(5)18-23(28-24(22)30)21-13-11-10-12-14-21;1-2/h6-7,10-14,19-20,23,28H,1-2,8-9,15-18H2,3-5H3;1-2H3. The number of hydrogen-bond acceptors (Lipinski definition) is 3. The van der Waals surface area contributed by atoms with Gasteiger partial charge >= 0.3 is 0 Å². The van der Waals surface area contributed by atoms with Crippen LogP contribution in [-0.4, -0.2) is 32.7 Å². The highest BCUT2D eigenvalue weighted by Gasteiger charge is 2.39. The minimum Gasteiger partial charge on any atom is -0.363 e. The van der Waals surface area contributed by atoms with E-state index in [1.807, 2.05) is 41.6 Å². The van der Waals surface area contributed by atoms with E-state index in [1.54, 1.807) is 6.20 Å². The highest BCUT2D eigenvalue weighted by molar-refractivity contribution is 5.99. The van der Waals surface area contributed by atoms with Crippen LogP contribution in [0.1, 0.15) is 94.7 Å². The van der Waals surface area contributed by atoms with Gasteiger partial charge in [-0.3, -0.25) is 4.79 Å². The Morgan fingerprint density at radius 3 is 2.39 bits per heavy atom. The molecule has 1 aromatic heterocycles. The number of aromatic nitrogens is 2. The first-order valence-electron chi connectivity index (χ1n) is 12.4. The summed E-state index contributed by atoms with van der Waals surface area (Å²) in [5, 5.41) is 8.21. The molecule has 33 heavy (non-hydrogen) atoms. The molecular weight excluding hydrogens is 408 g/mol. The number of amides is 1. The third-order valence-electron chi connectivity index (χ3n) is 6.50. The van der Waals surface area contributed by atoms with Gasteiger partial charge in [0.25, 0.3) is 5.91 Å². The lowest BCUT2D eigenvalue weighted by molar-refractivity contribution is 0.0461. The van der Waals surface area contributed by atoms with E-state index in [4.69, 9.17) is 0 Å². The van der Waals surface area contributed by atoms with Crippen LogP contribution in [0, 0.1) is 0 Å². The topological polar surface area (TPSA) is 50.2 Å². The zero-order chi connectivity index (χ0) is 24.4. The van der Waals surface area contributed by atoms with Crippen molar-refractivity contribution in [2.45, 2.75) is 84.3 Å². The summed E-state index contributed by atoms with van der Waals surface area (Å²) >= 11 is 0. The number of hydrogen-bond donors (Lipinski definition) is 1. The number of nitrogens with zero attached hydrogens (tertiary/aromatic N) is 3. The van der Waals surface area contributed by atoms with Gasteiger partial charge in [0.1, 0.15) is 11.4 Å². The van der Waals surface area contributed by atoms with Crippen molar-refractivity contribution in [2.24, 2.45) is 0 Å². The van der Waals surface area contributed by atoms with Gasteiger partial charge in [-0.25, -0.2) is 4.68 Å². The SMILES string of the molecule is C=CCC(CC)(CC=C)N(CCC)C(=O)c1cnn2c1NC(c1ccccc1)CC2C.CC. The second-order valence-corrected chi connectivity index (χ2v) is 8.56. The maximum Gasteiger partial charge on any atom is 0.259 e. The fraction of sp³-hybridized carbons (Fsp3) is 0.500. The minimum absolute atomic E-state index is 0.0297. The van der Waals surface area contributed by atoms with Gasteiger partial charge in [0.2, 0.25) is 0 Å². The highest BCUT2D eigenvalue weighted by Crippen LogP contribution is 2.38. The van der Waals surface area contributed by atoms with E-state index < -0.39 is 0 Å². The van der Waals surface area contributed by atoms with E-state index in [1.165, 1.54) is 5.56 Å². The fourth-order valence-corrected chi connectivity index (χ4v) is 4.81. The number of fused-ring (bicyclic) bond motifs is 1. The molecule has 0 bridgehead atoms. The molecule has 1 aromatic carbocycles. The summed E-state index contributed by atoms with van der Waals surface area (Å²) in [6, 6.07) is 10.8. The summed E-state index contributed by atoms with van der Waals surface area (Å²) < 4.78 is 1.96. The molecule has 0 fully saturated rings. The average molecular weight is 451 g/mol. The van der Waals surface area contributed by atoms with Gasteiger partial charge < -0.3 is 10.2 Å². The van der Waals surface area contributed by atoms with Crippen LogP contribution in [-0.2, 0) is 0 Å². The van der Waals surface area contributed by atoms with E-state index in [2.05, 4.69) is 68.6 Å². The van der Waals surface area contributed by atoms with Gasteiger partial charge in [-0.05, 0) is 44.6 Å². The Morgan fingerprint density at radius 1 is 1.21 bits per heavy atom. The van der Waals surface area contributed by atoms with Gasteiger partial charge in [0, 0.05) is 12.1 Å². The van der Waals surface area contributed by atoms with Gasteiger partial charge in [0.15, 0.2) is 0 Å². The summed E-state index contributed by atoms with van der Waals surface area (Å²) in [4.78, 5) is 16.0. The largest absolute Gasteiger partial charge is 0.363 e. The molecule has 0 spiro atoms. The normalized spacial score (nSPS) is 17.1. The van der Waals surface area contributed by atoms with Crippen LogP contribution in [0.2, 0.25) is 0 Å². The van der Waals surface area contributed by atoms with Crippen LogP contribution in [0.5, 0.6) is 0 Å². The van der Waals surface area contributed by atoms with Crippen LogP contribution >= 0.6 is 0 Å². The van der Waals surface area contributed by atoms with Gasteiger partial charge in [-0.2, -0.15) is 5.10 Å². The monoisotopic (exact) mass is 450 g/mol. The summed E-state index contributed by atoms with van der Waals surface area (Å²) in [7, 11) is 0. The molecule has 0 radical (unpaired) electrons. The van der Waals surface area contributed by atoms with Crippen molar-refractivity contribution in [1.29, 1.82) is 0 Å². The van der Waals surface area contributed by atoms with E-state index >= 15 is 0 Å². The number of carbonyl (C=O) groups excluding carboxylic acids is 1. The summed E-state index contributed by atoms with van der Waals surface area (Å²) in [5.74, 6) is 0.850. The smallest absolute Gasteiger partial charge is 0.259 e. The Kier molecular flexibility index (Phi) is 9.95. The van der Waals surface area contributed by atoms with Gasteiger partial charge in [-0.15, -0.1) is 13.2 Å². The third kappa shape index (κ3) is 5.58. The van der Waals surface area contributed by atoms with Crippen molar-refractivity contribution in [2.75, 3.05) is 11.9 Å². The van der Waals surface area contributed by atoms with Crippen molar-refractivity contribution in [3.05, 3.63) is 73.0 Å². The zero-order valence-corrected chi connectivity index (χ0v) is 21.2. The van der Waals surface area contributed by atoms with E-state index in [-0.39, 0.29) is 23.5 Å². The molecule has 0 saturated carbocycles. The number of benzene rings is 1. The molecule has 180 valence electrons. The highest BCUT2D eigenvalue weighted by atomic mass is 16.2. The molecule has 1 aliphatic rings. The molecule has 2 unspecified atom stereocenters. The summed E-state index contributed by atoms with van der Waals surface area (Å²) in [6.07, 6.45) is 9.71. The molecule has 2 atom stereocenters. The van der Waals surface area contributed by atoms with Crippen molar-refractivity contribution < 1.29 is 4.79 Å². The summed E-state index contributed by atoms with van der Waals surface area (Å²) in [5.41, 5.74) is 1.56. The Balaban J connectivity index is 0.00000187. The second kappa shape index (κ2) is 12.4. The van der Waals surface area contributed by atoms with E-state index in [9.17, 15) is 4.79 Å². The Bertz CT molecular complexity index is 892. The van der Waals surface area contributed by atoms with Crippen molar-refractivity contribution in [3.63, 3.8) is 0 Å². The van der Waals surface area contributed by atoms with E-state index in [0.717, 1.165) is 37.9 Å². The molecular formula is C28H42N4O. The lowest BCUT2D eigenvalue weighted by atomic mass is 9.85. The first kappa shape index (κ1) is 26.4. The molecule has 1 amide bonds. The molecule has 5 heteroatoms. The molecule has 0 aliphatic carbocycles. The maximum atomic E-state index is 13.9. The molecule has 0 saturated heterocycles. The third-order valence-corrected chi connectivity index (χ3v) is 6.50. The van der Waals surface area contributed by atoms with Crippen molar-refractivity contribution in [3.8, 4) is 0 Å². The summed E-state index contributed by atoms with van der Waals surface area (Å²) in [6.45, 7) is 19.0.